The molecule has 1 atom stereocenters. The molecule has 6 heteroatoms. The normalized spacial score (nSPS) is 20.3. The number of aryl methyl sites for hydroxylation is 1. The van der Waals surface area contributed by atoms with E-state index in [0.29, 0.717) is 29.8 Å². The summed E-state index contributed by atoms with van der Waals surface area (Å²) in [5.74, 6) is 0.00500. The van der Waals surface area contributed by atoms with E-state index in [2.05, 4.69) is 31.0 Å². The van der Waals surface area contributed by atoms with E-state index >= 15 is 0 Å². The van der Waals surface area contributed by atoms with Crippen LogP contribution in [-0.4, -0.2) is 28.9 Å². The number of ether oxygens (including phenoxy) is 1. The number of carbonyl (C=O) groups excluding carboxylic acids is 2. The SMILES string of the molecule is Cc1ccc(N2C(=O)/C(=C/c3ccc(C(C)C)cc3)N=C2S[C@@H]2CCOC2=O)cc1. The number of aliphatic imine (C=N–C) groups is 1. The highest BCUT2D eigenvalue weighted by atomic mass is 32.2. The van der Waals surface area contributed by atoms with Crippen molar-refractivity contribution in [2.45, 2.75) is 38.4 Å². The summed E-state index contributed by atoms with van der Waals surface area (Å²) in [5.41, 5.74) is 4.37. The minimum absolute atomic E-state index is 0.194. The van der Waals surface area contributed by atoms with E-state index in [4.69, 9.17) is 4.74 Å². The zero-order chi connectivity index (χ0) is 21.3. The summed E-state index contributed by atoms with van der Waals surface area (Å²) < 4.78 is 5.08. The van der Waals surface area contributed by atoms with E-state index in [1.807, 2.05) is 43.3 Å². The Bertz CT molecular complexity index is 1020. The highest BCUT2D eigenvalue weighted by molar-refractivity contribution is 8.15. The van der Waals surface area contributed by atoms with Gasteiger partial charge in [-0.15, -0.1) is 0 Å². The lowest BCUT2D eigenvalue weighted by Gasteiger charge is -2.19. The highest BCUT2D eigenvalue weighted by Crippen LogP contribution is 2.33. The van der Waals surface area contributed by atoms with Crippen LogP contribution in [0.1, 0.15) is 42.9 Å². The molecule has 2 aliphatic rings. The predicted octanol–water partition coefficient (Wildman–Crippen LogP) is 4.91. The van der Waals surface area contributed by atoms with Gasteiger partial charge in [-0.25, -0.2) is 4.99 Å². The van der Waals surface area contributed by atoms with Crippen molar-refractivity contribution in [3.8, 4) is 0 Å². The Morgan fingerprint density at radius 3 is 2.40 bits per heavy atom. The van der Waals surface area contributed by atoms with Crippen LogP contribution in [0.4, 0.5) is 5.69 Å². The smallest absolute Gasteiger partial charge is 0.319 e. The third kappa shape index (κ3) is 4.19. The van der Waals surface area contributed by atoms with Gasteiger partial charge in [-0.1, -0.05) is 67.6 Å². The minimum Gasteiger partial charge on any atom is -0.465 e. The Kier molecular flexibility index (Phi) is 5.77. The van der Waals surface area contributed by atoms with Crippen molar-refractivity contribution >= 4 is 40.6 Å². The third-order valence-electron chi connectivity index (χ3n) is 5.16. The van der Waals surface area contributed by atoms with Gasteiger partial charge in [-0.3, -0.25) is 14.5 Å². The Balaban J connectivity index is 1.67. The number of hydrogen-bond donors (Lipinski definition) is 0. The number of cyclic esters (lactones) is 1. The van der Waals surface area contributed by atoms with E-state index in [0.717, 1.165) is 16.8 Å². The third-order valence-corrected chi connectivity index (χ3v) is 6.36. The molecule has 0 radical (unpaired) electrons. The molecular weight excluding hydrogens is 396 g/mol. The quantitative estimate of drug-likeness (QED) is 0.521. The van der Waals surface area contributed by atoms with Crippen LogP contribution in [0.25, 0.3) is 6.08 Å². The lowest BCUT2D eigenvalue weighted by atomic mass is 10.0. The summed E-state index contributed by atoms with van der Waals surface area (Å²) in [5, 5.41) is 0.173. The van der Waals surface area contributed by atoms with Crippen molar-refractivity contribution in [2.75, 3.05) is 11.5 Å². The van der Waals surface area contributed by atoms with Crippen molar-refractivity contribution in [2.24, 2.45) is 4.99 Å². The number of rotatable bonds is 4. The maximum atomic E-state index is 13.2. The van der Waals surface area contributed by atoms with Crippen molar-refractivity contribution < 1.29 is 14.3 Å². The van der Waals surface area contributed by atoms with Crippen LogP contribution >= 0.6 is 11.8 Å². The fourth-order valence-corrected chi connectivity index (χ4v) is 4.42. The first-order chi connectivity index (χ1) is 14.4. The summed E-state index contributed by atoms with van der Waals surface area (Å²) in [4.78, 5) is 31.4. The summed E-state index contributed by atoms with van der Waals surface area (Å²) in [7, 11) is 0. The Morgan fingerprint density at radius 1 is 1.10 bits per heavy atom. The maximum absolute atomic E-state index is 13.2. The number of hydrogen-bond acceptors (Lipinski definition) is 5. The average molecular weight is 421 g/mol. The van der Waals surface area contributed by atoms with E-state index in [9.17, 15) is 9.59 Å². The highest BCUT2D eigenvalue weighted by Gasteiger charge is 2.37. The zero-order valence-electron chi connectivity index (χ0n) is 17.3. The predicted molar refractivity (Wildman–Crippen MR) is 122 cm³/mol. The molecule has 2 aliphatic heterocycles. The topological polar surface area (TPSA) is 59.0 Å². The number of benzene rings is 2. The van der Waals surface area contributed by atoms with Crippen LogP contribution in [0.15, 0.2) is 59.2 Å². The molecule has 154 valence electrons. The van der Waals surface area contributed by atoms with Crippen LogP contribution in [0.5, 0.6) is 0 Å². The number of esters is 1. The first kappa shape index (κ1) is 20.4. The summed E-state index contributed by atoms with van der Waals surface area (Å²) in [6.45, 7) is 6.71. The zero-order valence-corrected chi connectivity index (χ0v) is 18.1. The minimum atomic E-state index is -0.339. The summed E-state index contributed by atoms with van der Waals surface area (Å²) in [6.07, 6.45) is 2.42. The van der Waals surface area contributed by atoms with Gasteiger partial charge in [-0.2, -0.15) is 0 Å². The van der Waals surface area contributed by atoms with Crippen molar-refractivity contribution in [3.63, 3.8) is 0 Å². The summed E-state index contributed by atoms with van der Waals surface area (Å²) >= 11 is 1.29. The van der Waals surface area contributed by atoms with E-state index < -0.39 is 0 Å². The molecule has 0 bridgehead atoms. The number of amides is 1. The second-order valence-corrected chi connectivity index (χ2v) is 8.95. The van der Waals surface area contributed by atoms with Gasteiger partial charge >= 0.3 is 5.97 Å². The van der Waals surface area contributed by atoms with Gasteiger partial charge in [0.05, 0.1) is 12.3 Å². The van der Waals surface area contributed by atoms with E-state index in [-0.39, 0.29) is 17.1 Å². The van der Waals surface area contributed by atoms with Crippen LogP contribution in [0, 0.1) is 6.92 Å². The molecular formula is C24H24N2O3S. The first-order valence-electron chi connectivity index (χ1n) is 10.1. The molecule has 0 unspecified atom stereocenters. The molecule has 1 amide bonds. The molecule has 0 aromatic heterocycles. The fourth-order valence-electron chi connectivity index (χ4n) is 3.34. The number of thioether (sulfide) groups is 1. The second kappa shape index (κ2) is 8.48. The molecule has 0 saturated carbocycles. The van der Waals surface area contributed by atoms with Gasteiger partial charge in [0.1, 0.15) is 10.9 Å². The standard InChI is InChI=1S/C24H24N2O3S/c1-15(2)18-8-6-17(7-9-18)14-20-22(27)26(19-10-4-16(3)5-11-19)24(25-20)30-21-12-13-29-23(21)28/h4-11,14-15,21H,12-13H2,1-3H3/b20-14-/t21-/m1/s1. The number of anilines is 1. The van der Waals surface area contributed by atoms with Gasteiger partial charge in [0.15, 0.2) is 5.17 Å². The van der Waals surface area contributed by atoms with Crippen LogP contribution in [0.2, 0.25) is 0 Å². The molecule has 0 N–H and O–H groups in total. The van der Waals surface area contributed by atoms with Crippen molar-refractivity contribution in [1.82, 2.24) is 0 Å². The van der Waals surface area contributed by atoms with Gasteiger partial charge < -0.3 is 4.74 Å². The molecule has 2 aromatic carbocycles. The van der Waals surface area contributed by atoms with Gasteiger partial charge in [0.25, 0.3) is 5.91 Å². The summed E-state index contributed by atoms with van der Waals surface area (Å²) in [6, 6.07) is 15.9. The van der Waals surface area contributed by atoms with Crippen molar-refractivity contribution in [3.05, 3.63) is 70.9 Å². The van der Waals surface area contributed by atoms with Gasteiger partial charge in [0, 0.05) is 6.42 Å². The largest absolute Gasteiger partial charge is 0.465 e. The lowest BCUT2D eigenvalue weighted by molar-refractivity contribution is -0.137. The number of carbonyl (C=O) groups is 2. The Labute approximate surface area is 180 Å². The van der Waals surface area contributed by atoms with E-state index in [1.54, 1.807) is 11.0 Å². The molecule has 0 aliphatic carbocycles. The van der Waals surface area contributed by atoms with Gasteiger partial charge in [0.2, 0.25) is 0 Å². The Morgan fingerprint density at radius 2 is 1.80 bits per heavy atom. The molecule has 4 rings (SSSR count). The molecule has 5 nitrogen and oxygen atoms in total. The van der Waals surface area contributed by atoms with Crippen LogP contribution in [-0.2, 0) is 14.3 Å². The second-order valence-electron chi connectivity index (χ2n) is 7.78. The first-order valence-corrected chi connectivity index (χ1v) is 10.9. The Hall–Kier alpha value is -2.86. The van der Waals surface area contributed by atoms with Crippen molar-refractivity contribution in [1.29, 1.82) is 0 Å². The van der Waals surface area contributed by atoms with Gasteiger partial charge in [-0.05, 0) is 42.2 Å². The molecule has 30 heavy (non-hydrogen) atoms. The fraction of sp³-hybridized carbons (Fsp3) is 0.292. The lowest BCUT2D eigenvalue weighted by Crippen LogP contribution is -2.32. The van der Waals surface area contributed by atoms with E-state index in [1.165, 1.54) is 17.3 Å². The monoisotopic (exact) mass is 420 g/mol. The molecule has 2 heterocycles. The maximum Gasteiger partial charge on any atom is 0.319 e. The average Bonchev–Trinajstić information content (AvgIpc) is 3.26. The molecule has 1 saturated heterocycles. The molecule has 1 fully saturated rings. The number of nitrogens with zero attached hydrogens (tertiary/aromatic N) is 2. The molecule has 0 spiro atoms. The number of amidine groups is 1. The van der Waals surface area contributed by atoms with Crippen LogP contribution < -0.4 is 4.90 Å². The van der Waals surface area contributed by atoms with Crippen LogP contribution in [0.3, 0.4) is 0 Å². The molecule has 2 aromatic rings.